The van der Waals surface area contributed by atoms with Gasteiger partial charge in [-0.15, -0.1) is 0 Å². The van der Waals surface area contributed by atoms with Crippen LogP contribution in [0.25, 0.3) is 11.1 Å². The average Bonchev–Trinajstić information content (AvgIpc) is 2.73. The Morgan fingerprint density at radius 3 is 2.41 bits per heavy atom. The normalized spacial score (nSPS) is 11.8. The number of hydrogen-bond acceptors (Lipinski definition) is 3. The maximum Gasteiger partial charge on any atom is 0.335 e. The summed E-state index contributed by atoms with van der Waals surface area (Å²) in [5, 5.41) is 23.5. The number of aliphatic hydroxyl groups excluding tert-OH is 1. The van der Waals surface area contributed by atoms with Crippen LogP contribution in [0.1, 0.15) is 41.3 Å². The van der Waals surface area contributed by atoms with Gasteiger partial charge in [-0.2, -0.15) is 0 Å². The second kappa shape index (κ2) is 10.1. The molecule has 3 rings (SSSR count). The molecule has 0 aliphatic heterocycles. The molecule has 0 unspecified atom stereocenters. The minimum atomic E-state index is -0.930. The fourth-order valence-electron chi connectivity index (χ4n) is 3.22. The van der Waals surface area contributed by atoms with Crippen LogP contribution < -0.4 is 5.32 Å². The molecule has 0 saturated heterocycles. The summed E-state index contributed by atoms with van der Waals surface area (Å²) in [4.78, 5) is 11.2. The van der Waals surface area contributed by atoms with Crippen molar-refractivity contribution in [3.63, 3.8) is 0 Å². The number of nitrogens with one attached hydrogen (secondary N) is 1. The number of carboxylic acids is 1. The third kappa shape index (κ3) is 6.08. The molecule has 0 heterocycles. The Morgan fingerprint density at radius 2 is 1.66 bits per heavy atom. The van der Waals surface area contributed by atoms with Crippen LogP contribution in [0, 0.1) is 0 Å². The minimum absolute atomic E-state index is 0.277. The van der Waals surface area contributed by atoms with Gasteiger partial charge < -0.3 is 15.5 Å². The molecule has 0 amide bonds. The number of hydrogen-bond donors (Lipinski definition) is 3. The number of unbranched alkanes of at least 4 members (excludes halogenated alkanes) is 1. The molecule has 3 N–H and O–H groups in total. The number of carboxylic acid groups (broad SMARTS) is 1. The van der Waals surface area contributed by atoms with Crippen molar-refractivity contribution in [3.8, 4) is 11.1 Å². The van der Waals surface area contributed by atoms with Gasteiger partial charge in [0.15, 0.2) is 0 Å². The maximum absolute atomic E-state index is 11.2. The number of anilines is 1. The van der Waals surface area contributed by atoms with Crippen molar-refractivity contribution in [2.75, 3.05) is 11.9 Å². The van der Waals surface area contributed by atoms with E-state index in [0.29, 0.717) is 11.4 Å². The van der Waals surface area contributed by atoms with Gasteiger partial charge >= 0.3 is 5.97 Å². The van der Waals surface area contributed by atoms with Gasteiger partial charge in [-0.25, -0.2) is 4.79 Å². The first-order valence-corrected chi connectivity index (χ1v) is 10.0. The van der Waals surface area contributed by atoms with Crippen molar-refractivity contribution < 1.29 is 15.0 Å². The second-order valence-electron chi connectivity index (χ2n) is 6.96. The quantitative estimate of drug-likeness (QED) is 0.378. The summed E-state index contributed by atoms with van der Waals surface area (Å²) in [5.41, 5.74) is 3.95. The summed E-state index contributed by atoms with van der Waals surface area (Å²) in [6.45, 7) is 0.793. The van der Waals surface area contributed by atoms with Crippen molar-refractivity contribution in [1.29, 1.82) is 0 Å². The van der Waals surface area contributed by atoms with E-state index in [9.17, 15) is 9.90 Å². The Bertz CT molecular complexity index is 974. The van der Waals surface area contributed by atoms with Crippen molar-refractivity contribution in [1.82, 2.24) is 0 Å². The van der Waals surface area contributed by atoms with Crippen LogP contribution in [0.5, 0.6) is 0 Å². The molecule has 4 nitrogen and oxygen atoms in total. The molecule has 1 atom stereocenters. The van der Waals surface area contributed by atoms with E-state index in [-0.39, 0.29) is 5.56 Å². The predicted molar refractivity (Wildman–Crippen MR) is 118 cm³/mol. The molecular weight excluding hydrogens is 386 g/mol. The summed E-state index contributed by atoms with van der Waals surface area (Å²) >= 11 is 5.97. The lowest BCUT2D eigenvalue weighted by atomic mass is 10.0. The molecule has 3 aromatic rings. The first kappa shape index (κ1) is 20.9. The van der Waals surface area contributed by atoms with Gasteiger partial charge in [0.1, 0.15) is 0 Å². The van der Waals surface area contributed by atoms with E-state index in [1.54, 1.807) is 30.3 Å². The predicted octanol–water partition coefficient (Wildman–Crippen LogP) is 6.02. The van der Waals surface area contributed by atoms with E-state index < -0.39 is 12.1 Å². The van der Waals surface area contributed by atoms with Gasteiger partial charge in [-0.1, -0.05) is 48.0 Å². The van der Waals surface area contributed by atoms with E-state index in [4.69, 9.17) is 16.7 Å². The van der Waals surface area contributed by atoms with Crippen molar-refractivity contribution >= 4 is 23.3 Å². The fraction of sp³-hybridized carbons (Fsp3) is 0.208. The highest BCUT2D eigenvalue weighted by Gasteiger charge is 2.08. The summed E-state index contributed by atoms with van der Waals surface area (Å²) < 4.78 is 0. The van der Waals surface area contributed by atoms with Crippen LogP contribution in [0.4, 0.5) is 5.69 Å². The molecule has 3 aromatic carbocycles. The Balaban J connectivity index is 1.50. The highest BCUT2D eigenvalue weighted by atomic mass is 35.5. The molecule has 0 fully saturated rings. The molecule has 0 spiro atoms. The summed E-state index contributed by atoms with van der Waals surface area (Å²) in [6.07, 6.45) is 2.00. The van der Waals surface area contributed by atoms with Crippen molar-refractivity contribution in [2.45, 2.75) is 25.4 Å². The van der Waals surface area contributed by atoms with E-state index in [2.05, 4.69) is 5.32 Å². The number of rotatable bonds is 9. The molecule has 0 bridgehead atoms. The first-order valence-electron chi connectivity index (χ1n) is 9.64. The van der Waals surface area contributed by atoms with E-state index in [1.807, 2.05) is 42.5 Å². The van der Waals surface area contributed by atoms with Crippen LogP contribution >= 0.6 is 11.6 Å². The topological polar surface area (TPSA) is 69.6 Å². The summed E-state index contributed by atoms with van der Waals surface area (Å²) in [6, 6.07) is 22.2. The van der Waals surface area contributed by atoms with Gasteiger partial charge in [0.2, 0.25) is 0 Å². The smallest absolute Gasteiger partial charge is 0.335 e. The standard InChI is InChI=1S/C24H24ClNO3/c25-21-10-4-8-19(15-21)23(27)12-1-2-13-26-22-11-5-7-18(16-22)17-6-3-9-20(14-17)24(28)29/h3-11,14-16,23,26-27H,1-2,12-13H2,(H,28,29)/t23-/m0/s1. The van der Waals surface area contributed by atoms with Gasteiger partial charge in [-0.3, -0.25) is 0 Å². The van der Waals surface area contributed by atoms with Gasteiger partial charge in [-0.05, 0) is 72.4 Å². The molecule has 29 heavy (non-hydrogen) atoms. The SMILES string of the molecule is O=C(O)c1cccc(-c2cccc(NCCCC[C@H](O)c3cccc(Cl)c3)c2)c1. The van der Waals surface area contributed by atoms with Crippen LogP contribution in [0.2, 0.25) is 5.02 Å². The number of aromatic carboxylic acids is 1. The van der Waals surface area contributed by atoms with E-state index in [0.717, 1.165) is 41.8 Å². The number of benzene rings is 3. The lowest BCUT2D eigenvalue weighted by Crippen LogP contribution is -2.03. The lowest BCUT2D eigenvalue weighted by Gasteiger charge is -2.12. The highest BCUT2D eigenvalue weighted by molar-refractivity contribution is 6.30. The monoisotopic (exact) mass is 409 g/mol. The molecular formula is C24H24ClNO3. The zero-order valence-electron chi connectivity index (χ0n) is 16.0. The highest BCUT2D eigenvalue weighted by Crippen LogP contribution is 2.24. The largest absolute Gasteiger partial charge is 0.478 e. The van der Waals surface area contributed by atoms with Crippen LogP contribution in [0.15, 0.2) is 72.8 Å². The van der Waals surface area contributed by atoms with E-state index >= 15 is 0 Å². The minimum Gasteiger partial charge on any atom is -0.478 e. The molecule has 0 aliphatic carbocycles. The van der Waals surface area contributed by atoms with E-state index in [1.165, 1.54) is 0 Å². The molecule has 0 aromatic heterocycles. The Morgan fingerprint density at radius 1 is 0.931 bits per heavy atom. The molecule has 0 radical (unpaired) electrons. The Hall–Kier alpha value is -2.82. The third-order valence-electron chi connectivity index (χ3n) is 4.77. The fourth-order valence-corrected chi connectivity index (χ4v) is 3.42. The van der Waals surface area contributed by atoms with Gasteiger partial charge in [0, 0.05) is 17.3 Å². The zero-order chi connectivity index (χ0) is 20.6. The molecule has 150 valence electrons. The molecule has 0 aliphatic rings. The summed E-state index contributed by atoms with van der Waals surface area (Å²) in [5.74, 6) is -0.930. The number of halogens is 1. The molecule has 5 heteroatoms. The lowest BCUT2D eigenvalue weighted by molar-refractivity contribution is 0.0697. The Labute approximate surface area is 175 Å². The summed E-state index contributed by atoms with van der Waals surface area (Å²) in [7, 11) is 0. The number of carbonyl (C=O) groups is 1. The van der Waals surface area contributed by atoms with Gasteiger partial charge in [0.05, 0.1) is 11.7 Å². The van der Waals surface area contributed by atoms with Crippen LogP contribution in [0.3, 0.4) is 0 Å². The maximum atomic E-state index is 11.2. The van der Waals surface area contributed by atoms with Crippen molar-refractivity contribution in [3.05, 3.63) is 88.9 Å². The van der Waals surface area contributed by atoms with Crippen LogP contribution in [-0.4, -0.2) is 22.7 Å². The number of aliphatic hydroxyl groups is 1. The second-order valence-corrected chi connectivity index (χ2v) is 7.40. The molecule has 0 saturated carbocycles. The van der Waals surface area contributed by atoms with Crippen molar-refractivity contribution in [2.24, 2.45) is 0 Å². The zero-order valence-corrected chi connectivity index (χ0v) is 16.8. The third-order valence-corrected chi connectivity index (χ3v) is 5.01. The first-order chi connectivity index (χ1) is 14.0. The van der Waals surface area contributed by atoms with Gasteiger partial charge in [0.25, 0.3) is 0 Å². The Kier molecular flexibility index (Phi) is 7.28. The van der Waals surface area contributed by atoms with Crippen LogP contribution in [-0.2, 0) is 0 Å². The average molecular weight is 410 g/mol.